The van der Waals surface area contributed by atoms with Crippen LogP contribution in [0.1, 0.15) is 29.6 Å². The molecule has 5 heteroatoms. The summed E-state index contributed by atoms with van der Waals surface area (Å²) in [5.41, 5.74) is 0.552. The van der Waals surface area contributed by atoms with E-state index < -0.39 is 0 Å². The Kier molecular flexibility index (Phi) is 4.17. The third-order valence-electron chi connectivity index (χ3n) is 3.01. The van der Waals surface area contributed by atoms with E-state index >= 15 is 0 Å². The van der Waals surface area contributed by atoms with Gasteiger partial charge in [0.25, 0.3) is 5.91 Å². The van der Waals surface area contributed by atoms with Crippen LogP contribution in [0.3, 0.4) is 0 Å². The lowest BCUT2D eigenvalue weighted by Crippen LogP contribution is -2.46. The fraction of sp³-hybridized carbons (Fsp3) is 0.385. The van der Waals surface area contributed by atoms with Crippen molar-refractivity contribution in [3.05, 3.63) is 35.9 Å². The van der Waals surface area contributed by atoms with Crippen molar-refractivity contribution in [2.75, 3.05) is 13.1 Å². The number of amides is 1. The molecule has 0 aliphatic carbocycles. The van der Waals surface area contributed by atoms with E-state index in [4.69, 9.17) is 5.21 Å². The molecule has 0 aromatic heterocycles. The number of nitrogens with one attached hydrogen (secondary N) is 1. The highest BCUT2D eigenvalue weighted by Crippen LogP contribution is 2.09. The molecular weight excluding hydrogens is 230 g/mol. The molecule has 0 saturated carbocycles. The summed E-state index contributed by atoms with van der Waals surface area (Å²) in [7, 11) is 0. The molecule has 0 radical (unpaired) electrons. The maximum absolute atomic E-state index is 11.9. The molecule has 5 nitrogen and oxygen atoms in total. The first-order chi connectivity index (χ1) is 8.81. The molecule has 1 aromatic rings. The van der Waals surface area contributed by atoms with Gasteiger partial charge in [0.2, 0.25) is 5.96 Å². The molecule has 0 spiro atoms. The molecule has 2 rings (SSSR count). The Balaban J connectivity index is 2.00. The Morgan fingerprint density at radius 1 is 1.17 bits per heavy atom. The van der Waals surface area contributed by atoms with Gasteiger partial charge in [-0.2, -0.15) is 0 Å². The number of hydrogen-bond acceptors (Lipinski definition) is 3. The maximum atomic E-state index is 11.9. The first-order valence-electron chi connectivity index (χ1n) is 6.14. The SMILES string of the molecule is O=C(N/C(=N/O)N1CCCCC1)c1ccccc1. The summed E-state index contributed by atoms with van der Waals surface area (Å²) in [6, 6.07) is 8.89. The molecule has 2 N–H and O–H groups in total. The number of rotatable bonds is 1. The van der Waals surface area contributed by atoms with Crippen molar-refractivity contribution >= 4 is 11.9 Å². The van der Waals surface area contributed by atoms with Gasteiger partial charge < -0.3 is 10.1 Å². The molecule has 96 valence electrons. The third-order valence-corrected chi connectivity index (χ3v) is 3.01. The Labute approximate surface area is 106 Å². The predicted molar refractivity (Wildman–Crippen MR) is 68.6 cm³/mol. The topological polar surface area (TPSA) is 64.9 Å². The number of hydrogen-bond donors (Lipinski definition) is 2. The van der Waals surface area contributed by atoms with Crippen LogP contribution in [0.15, 0.2) is 35.5 Å². The van der Waals surface area contributed by atoms with Gasteiger partial charge in [0.15, 0.2) is 0 Å². The van der Waals surface area contributed by atoms with E-state index in [0.29, 0.717) is 5.56 Å². The number of benzene rings is 1. The molecule has 0 atom stereocenters. The van der Waals surface area contributed by atoms with Crippen molar-refractivity contribution in [1.29, 1.82) is 0 Å². The number of nitrogens with zero attached hydrogens (tertiary/aromatic N) is 2. The second kappa shape index (κ2) is 6.05. The lowest BCUT2D eigenvalue weighted by atomic mass is 10.1. The van der Waals surface area contributed by atoms with Crippen LogP contribution in [0, 0.1) is 0 Å². The maximum Gasteiger partial charge on any atom is 0.258 e. The Hall–Kier alpha value is -2.04. The fourth-order valence-corrected chi connectivity index (χ4v) is 2.04. The van der Waals surface area contributed by atoms with Gasteiger partial charge >= 0.3 is 0 Å². The highest BCUT2D eigenvalue weighted by Gasteiger charge is 2.18. The number of carbonyl (C=O) groups excluding carboxylic acids is 1. The molecule has 18 heavy (non-hydrogen) atoms. The molecule has 1 saturated heterocycles. The van der Waals surface area contributed by atoms with Crippen LogP contribution in [-0.4, -0.2) is 35.1 Å². The molecule has 1 heterocycles. The van der Waals surface area contributed by atoms with Crippen molar-refractivity contribution < 1.29 is 10.0 Å². The minimum absolute atomic E-state index is 0.239. The van der Waals surface area contributed by atoms with Crippen molar-refractivity contribution in [1.82, 2.24) is 10.2 Å². The summed E-state index contributed by atoms with van der Waals surface area (Å²) in [6.45, 7) is 1.63. The van der Waals surface area contributed by atoms with Gasteiger partial charge in [0.1, 0.15) is 0 Å². The number of carbonyl (C=O) groups is 1. The number of guanidine groups is 1. The standard InChI is InChI=1S/C13H17N3O2/c17-12(11-7-3-1-4-8-11)14-13(15-18)16-9-5-2-6-10-16/h1,3-4,7-8,18H,2,5-6,9-10H2,(H,14,15,17). The first kappa shape index (κ1) is 12.4. The summed E-state index contributed by atoms with van der Waals surface area (Å²) >= 11 is 0. The molecule has 0 bridgehead atoms. The normalized spacial score (nSPS) is 16.4. The van der Waals surface area contributed by atoms with Crippen molar-refractivity contribution in [3.63, 3.8) is 0 Å². The third kappa shape index (κ3) is 3.00. The highest BCUT2D eigenvalue weighted by molar-refractivity contribution is 6.05. The molecular formula is C13H17N3O2. The van der Waals surface area contributed by atoms with E-state index in [1.54, 1.807) is 24.3 Å². The molecule has 1 fully saturated rings. The summed E-state index contributed by atoms with van der Waals surface area (Å²) in [5, 5.41) is 14.8. The Morgan fingerprint density at radius 2 is 1.83 bits per heavy atom. The zero-order chi connectivity index (χ0) is 12.8. The van der Waals surface area contributed by atoms with Gasteiger partial charge in [-0.1, -0.05) is 23.4 Å². The van der Waals surface area contributed by atoms with E-state index in [1.807, 2.05) is 11.0 Å². The minimum Gasteiger partial charge on any atom is -0.408 e. The molecule has 1 aliphatic rings. The zero-order valence-electron chi connectivity index (χ0n) is 10.2. The van der Waals surface area contributed by atoms with Crippen LogP contribution in [0.2, 0.25) is 0 Å². The fourth-order valence-electron chi connectivity index (χ4n) is 2.04. The van der Waals surface area contributed by atoms with Crippen LogP contribution in [0.4, 0.5) is 0 Å². The second-order valence-electron chi connectivity index (χ2n) is 4.29. The summed E-state index contributed by atoms with van der Waals surface area (Å²) in [6.07, 6.45) is 3.29. The van der Waals surface area contributed by atoms with Crippen molar-refractivity contribution in [2.24, 2.45) is 5.16 Å². The Bertz CT molecular complexity index is 425. The predicted octanol–water partition coefficient (Wildman–Crippen LogP) is 1.65. The Morgan fingerprint density at radius 3 is 2.44 bits per heavy atom. The summed E-state index contributed by atoms with van der Waals surface area (Å²) in [4.78, 5) is 13.8. The van der Waals surface area contributed by atoms with Crippen LogP contribution >= 0.6 is 0 Å². The lowest BCUT2D eigenvalue weighted by molar-refractivity contribution is 0.0968. The van der Waals surface area contributed by atoms with Crippen molar-refractivity contribution in [2.45, 2.75) is 19.3 Å². The molecule has 0 unspecified atom stereocenters. The largest absolute Gasteiger partial charge is 0.408 e. The van der Waals surface area contributed by atoms with E-state index in [-0.39, 0.29) is 11.9 Å². The smallest absolute Gasteiger partial charge is 0.258 e. The monoisotopic (exact) mass is 247 g/mol. The average Bonchev–Trinajstić information content (AvgIpc) is 2.46. The van der Waals surface area contributed by atoms with Gasteiger partial charge in [0.05, 0.1) is 0 Å². The van der Waals surface area contributed by atoms with Gasteiger partial charge in [-0.3, -0.25) is 10.1 Å². The lowest BCUT2D eigenvalue weighted by Gasteiger charge is -2.28. The van der Waals surface area contributed by atoms with Crippen LogP contribution < -0.4 is 5.32 Å². The number of likely N-dealkylation sites (tertiary alicyclic amines) is 1. The molecule has 1 amide bonds. The van der Waals surface area contributed by atoms with Gasteiger partial charge in [-0.25, -0.2) is 0 Å². The van der Waals surface area contributed by atoms with E-state index in [1.165, 1.54) is 6.42 Å². The first-order valence-corrected chi connectivity index (χ1v) is 6.14. The minimum atomic E-state index is -0.256. The highest BCUT2D eigenvalue weighted by atomic mass is 16.4. The average molecular weight is 247 g/mol. The quantitative estimate of drug-likeness (QED) is 0.343. The van der Waals surface area contributed by atoms with Crippen LogP contribution in [0.25, 0.3) is 0 Å². The van der Waals surface area contributed by atoms with E-state index in [2.05, 4.69) is 10.5 Å². The van der Waals surface area contributed by atoms with Crippen LogP contribution in [-0.2, 0) is 0 Å². The number of oxime groups is 1. The molecule has 1 aliphatic heterocycles. The summed E-state index contributed by atoms with van der Waals surface area (Å²) in [5.74, 6) is -0.0162. The molecule has 1 aromatic carbocycles. The van der Waals surface area contributed by atoms with Gasteiger partial charge in [-0.05, 0) is 31.4 Å². The van der Waals surface area contributed by atoms with E-state index in [0.717, 1.165) is 25.9 Å². The second-order valence-corrected chi connectivity index (χ2v) is 4.29. The van der Waals surface area contributed by atoms with Gasteiger partial charge in [-0.15, -0.1) is 0 Å². The van der Waals surface area contributed by atoms with E-state index in [9.17, 15) is 4.79 Å². The van der Waals surface area contributed by atoms with Crippen LogP contribution in [0.5, 0.6) is 0 Å². The summed E-state index contributed by atoms with van der Waals surface area (Å²) < 4.78 is 0. The number of piperidine rings is 1. The van der Waals surface area contributed by atoms with Crippen molar-refractivity contribution in [3.8, 4) is 0 Å². The van der Waals surface area contributed by atoms with Gasteiger partial charge in [0, 0.05) is 18.7 Å². The zero-order valence-corrected chi connectivity index (χ0v) is 10.2.